The molecule has 0 saturated carbocycles. The van der Waals surface area contributed by atoms with Gasteiger partial charge in [0.15, 0.2) is 0 Å². The number of hydrogen-bond donors (Lipinski definition) is 5. The van der Waals surface area contributed by atoms with Gasteiger partial charge < -0.3 is 30.2 Å². The predicted molar refractivity (Wildman–Crippen MR) is 88.7 cm³/mol. The maximum Gasteiger partial charge on any atom is 0.407 e. The van der Waals surface area contributed by atoms with E-state index >= 15 is 0 Å². The zero-order chi connectivity index (χ0) is 17.9. The quantitative estimate of drug-likeness (QED) is 0.559. The fourth-order valence-corrected chi connectivity index (χ4v) is 2.25. The van der Waals surface area contributed by atoms with Crippen molar-refractivity contribution in [1.29, 1.82) is 0 Å². The fraction of sp³-hybridized carbons (Fsp3) is 0.500. The molecule has 8 nitrogen and oxygen atoms in total. The molecule has 132 valence electrons. The normalized spacial score (nSPS) is 14.4. The van der Waals surface area contributed by atoms with Crippen molar-refractivity contribution in [2.24, 2.45) is 0 Å². The first-order chi connectivity index (χ1) is 11.2. The molecule has 1 amide bonds. The second-order valence-electron chi connectivity index (χ2n) is 6.61. The molecule has 0 aliphatic rings. The number of imidazole rings is 1. The van der Waals surface area contributed by atoms with Crippen molar-refractivity contribution in [3.8, 4) is 0 Å². The molecule has 2 rings (SSSR count). The molecule has 2 aromatic rings. The lowest BCUT2D eigenvalue weighted by molar-refractivity contribution is 0.0124. The highest BCUT2D eigenvalue weighted by Crippen LogP contribution is 2.21. The Morgan fingerprint density at radius 3 is 2.58 bits per heavy atom. The van der Waals surface area contributed by atoms with Gasteiger partial charge in [-0.1, -0.05) is 6.07 Å². The van der Waals surface area contributed by atoms with Gasteiger partial charge in [0, 0.05) is 6.54 Å². The van der Waals surface area contributed by atoms with E-state index in [1.807, 2.05) is 0 Å². The molecule has 24 heavy (non-hydrogen) atoms. The van der Waals surface area contributed by atoms with Gasteiger partial charge in [-0.25, -0.2) is 9.59 Å². The molecule has 0 saturated heterocycles. The van der Waals surface area contributed by atoms with Crippen LogP contribution in [0.15, 0.2) is 23.0 Å². The smallest absolute Gasteiger partial charge is 0.407 e. The van der Waals surface area contributed by atoms with Crippen molar-refractivity contribution in [3.63, 3.8) is 0 Å². The van der Waals surface area contributed by atoms with Gasteiger partial charge in [0.05, 0.1) is 17.1 Å². The maximum atomic E-state index is 11.5. The molecular formula is C16H23N3O5. The molecule has 1 aromatic heterocycles. The summed E-state index contributed by atoms with van der Waals surface area (Å²) in [6, 6.07) is 4.88. The Labute approximate surface area is 138 Å². The number of aliphatic hydroxyl groups is 2. The minimum absolute atomic E-state index is 0.155. The summed E-state index contributed by atoms with van der Waals surface area (Å²) in [5.41, 5.74) is 0.722. The summed E-state index contributed by atoms with van der Waals surface area (Å²) in [6.07, 6.45) is -2.62. The molecule has 1 heterocycles. The van der Waals surface area contributed by atoms with Crippen LogP contribution in [0.25, 0.3) is 11.0 Å². The highest BCUT2D eigenvalue weighted by atomic mass is 16.6. The van der Waals surface area contributed by atoms with Crippen molar-refractivity contribution in [2.75, 3.05) is 6.54 Å². The van der Waals surface area contributed by atoms with Crippen LogP contribution in [-0.2, 0) is 4.74 Å². The molecule has 2 atom stereocenters. The van der Waals surface area contributed by atoms with E-state index in [1.165, 1.54) is 0 Å². The monoisotopic (exact) mass is 337 g/mol. The van der Waals surface area contributed by atoms with Gasteiger partial charge in [0.25, 0.3) is 0 Å². The Kier molecular flexibility index (Phi) is 5.30. The number of hydrogen-bond acceptors (Lipinski definition) is 5. The van der Waals surface area contributed by atoms with Crippen LogP contribution >= 0.6 is 0 Å². The average molecular weight is 337 g/mol. The van der Waals surface area contributed by atoms with E-state index in [1.54, 1.807) is 39.0 Å². The Hall–Kier alpha value is -2.32. The van der Waals surface area contributed by atoms with E-state index in [2.05, 4.69) is 15.3 Å². The van der Waals surface area contributed by atoms with Gasteiger partial charge in [0.1, 0.15) is 11.7 Å². The number of carbonyl (C=O) groups excluding carboxylic acids is 1. The van der Waals surface area contributed by atoms with Crippen LogP contribution in [0.1, 0.15) is 38.9 Å². The van der Waals surface area contributed by atoms with Crippen LogP contribution in [0.4, 0.5) is 4.79 Å². The Bertz CT molecular complexity index is 759. The number of benzene rings is 1. The molecule has 0 fully saturated rings. The minimum atomic E-state index is -1.13. The molecule has 2 unspecified atom stereocenters. The number of carbonyl (C=O) groups is 1. The lowest BCUT2D eigenvalue weighted by Gasteiger charge is -2.21. The van der Waals surface area contributed by atoms with Crippen molar-refractivity contribution in [3.05, 3.63) is 34.2 Å². The fourth-order valence-electron chi connectivity index (χ4n) is 2.25. The minimum Gasteiger partial charge on any atom is -0.444 e. The molecule has 5 N–H and O–H groups in total. The molecule has 0 bridgehead atoms. The van der Waals surface area contributed by atoms with Gasteiger partial charge in [0.2, 0.25) is 0 Å². The molecular weight excluding hydrogens is 314 g/mol. The van der Waals surface area contributed by atoms with E-state index in [-0.39, 0.29) is 18.7 Å². The molecule has 0 aliphatic heterocycles. The lowest BCUT2D eigenvalue weighted by Crippen LogP contribution is -2.34. The zero-order valence-electron chi connectivity index (χ0n) is 13.9. The average Bonchev–Trinajstić information content (AvgIpc) is 2.83. The Morgan fingerprint density at radius 1 is 1.25 bits per heavy atom. The largest absolute Gasteiger partial charge is 0.444 e. The number of ether oxygens (including phenoxy) is 1. The van der Waals surface area contributed by atoms with Gasteiger partial charge in [-0.3, -0.25) is 0 Å². The third kappa shape index (κ3) is 4.84. The summed E-state index contributed by atoms with van der Waals surface area (Å²) < 4.78 is 5.08. The van der Waals surface area contributed by atoms with E-state index in [9.17, 15) is 19.8 Å². The highest BCUT2D eigenvalue weighted by molar-refractivity contribution is 5.75. The van der Waals surface area contributed by atoms with Crippen molar-refractivity contribution >= 4 is 17.1 Å². The summed E-state index contributed by atoms with van der Waals surface area (Å²) >= 11 is 0. The van der Waals surface area contributed by atoms with E-state index < -0.39 is 23.9 Å². The molecule has 8 heteroatoms. The van der Waals surface area contributed by atoms with Crippen molar-refractivity contribution < 1.29 is 19.7 Å². The number of amides is 1. The molecule has 0 spiro atoms. The molecule has 1 aromatic carbocycles. The number of aromatic nitrogens is 2. The summed E-state index contributed by atoms with van der Waals surface area (Å²) in [6.45, 7) is 5.43. The van der Waals surface area contributed by atoms with Gasteiger partial charge in [-0.2, -0.15) is 0 Å². The van der Waals surface area contributed by atoms with Crippen LogP contribution in [0.5, 0.6) is 0 Å². The van der Waals surface area contributed by atoms with Crippen LogP contribution in [0, 0.1) is 0 Å². The number of aromatic amines is 2. The predicted octanol–water partition coefficient (Wildman–Crippen LogP) is 1.17. The van der Waals surface area contributed by atoms with Crippen molar-refractivity contribution in [1.82, 2.24) is 15.3 Å². The third-order valence-electron chi connectivity index (χ3n) is 3.35. The van der Waals surface area contributed by atoms with Gasteiger partial charge in [-0.05, 0) is 44.9 Å². The number of nitrogens with one attached hydrogen (secondary N) is 3. The lowest BCUT2D eigenvalue weighted by atomic mass is 10.0. The SMILES string of the molecule is CC(C)(C)OC(=O)NCCC(O)C(O)c1ccc2[nH]c(=O)[nH]c2c1. The zero-order valence-corrected chi connectivity index (χ0v) is 13.9. The second-order valence-corrected chi connectivity index (χ2v) is 6.61. The Balaban J connectivity index is 1.90. The summed E-state index contributed by atoms with van der Waals surface area (Å²) in [5, 5.41) is 22.8. The molecule has 0 aliphatic carbocycles. The summed E-state index contributed by atoms with van der Waals surface area (Å²) in [7, 11) is 0. The summed E-state index contributed by atoms with van der Waals surface area (Å²) in [4.78, 5) is 27.9. The van der Waals surface area contributed by atoms with E-state index in [4.69, 9.17) is 4.74 Å². The highest BCUT2D eigenvalue weighted by Gasteiger charge is 2.20. The number of H-pyrrole nitrogens is 2. The van der Waals surface area contributed by atoms with Crippen LogP contribution in [0.2, 0.25) is 0 Å². The number of alkyl carbamates (subject to hydrolysis) is 1. The number of rotatable bonds is 5. The number of aliphatic hydroxyl groups excluding tert-OH is 2. The topological polar surface area (TPSA) is 127 Å². The van der Waals surface area contributed by atoms with Crippen LogP contribution in [0.3, 0.4) is 0 Å². The van der Waals surface area contributed by atoms with Crippen molar-refractivity contribution in [2.45, 2.75) is 45.0 Å². The van der Waals surface area contributed by atoms with E-state index in [0.29, 0.717) is 16.6 Å². The molecule has 0 radical (unpaired) electrons. The first kappa shape index (κ1) is 18.0. The van der Waals surface area contributed by atoms with Crippen LogP contribution in [-0.4, -0.2) is 44.5 Å². The Morgan fingerprint density at radius 2 is 1.92 bits per heavy atom. The van der Waals surface area contributed by atoms with Gasteiger partial charge >= 0.3 is 11.8 Å². The maximum absolute atomic E-state index is 11.5. The third-order valence-corrected chi connectivity index (χ3v) is 3.35. The number of fused-ring (bicyclic) bond motifs is 1. The standard InChI is InChI=1S/C16H23N3O5/c1-16(2,3)24-15(23)17-7-6-12(20)13(21)9-4-5-10-11(8-9)19-14(22)18-10/h4-5,8,12-13,20-21H,6-7H2,1-3H3,(H,17,23)(H2,18,19,22). The first-order valence-corrected chi connectivity index (χ1v) is 7.70. The second kappa shape index (κ2) is 7.06. The summed E-state index contributed by atoms with van der Waals surface area (Å²) in [5.74, 6) is 0. The van der Waals surface area contributed by atoms with Crippen LogP contribution < -0.4 is 11.0 Å². The first-order valence-electron chi connectivity index (χ1n) is 7.70. The van der Waals surface area contributed by atoms with E-state index in [0.717, 1.165) is 0 Å². The van der Waals surface area contributed by atoms with Gasteiger partial charge in [-0.15, -0.1) is 0 Å².